The lowest BCUT2D eigenvalue weighted by Crippen LogP contribution is -2.25. The number of nitrogens with one attached hydrogen (secondary N) is 1. The summed E-state index contributed by atoms with van der Waals surface area (Å²) in [5.74, 6) is -0.139. The van der Waals surface area contributed by atoms with Crippen molar-refractivity contribution in [2.75, 3.05) is 0 Å². The van der Waals surface area contributed by atoms with Gasteiger partial charge < -0.3 is 9.88 Å². The minimum absolute atomic E-state index is 0.00771. The van der Waals surface area contributed by atoms with E-state index in [9.17, 15) is 4.79 Å². The normalized spacial score (nSPS) is 11.9. The number of hydrogen-bond donors (Lipinski definition) is 1. The van der Waals surface area contributed by atoms with Crippen molar-refractivity contribution >= 4 is 28.4 Å². The third-order valence-electron chi connectivity index (χ3n) is 6.27. The summed E-state index contributed by atoms with van der Waals surface area (Å²) in [5, 5.41) is 4.88. The van der Waals surface area contributed by atoms with Crippen molar-refractivity contribution < 1.29 is 4.79 Å². The number of benzene rings is 3. The van der Waals surface area contributed by atoms with Crippen LogP contribution in [0.4, 0.5) is 0 Å². The van der Waals surface area contributed by atoms with E-state index in [2.05, 4.69) is 75.7 Å². The molecule has 35 heavy (non-hydrogen) atoms. The summed E-state index contributed by atoms with van der Waals surface area (Å²) in [6.45, 7) is 1.23. The minimum Gasteiger partial charge on any atom is -0.352 e. The van der Waals surface area contributed by atoms with Crippen LogP contribution in [0.2, 0.25) is 5.02 Å². The van der Waals surface area contributed by atoms with Crippen LogP contribution in [0.25, 0.3) is 10.9 Å². The number of halogens is 1. The summed E-state index contributed by atoms with van der Waals surface area (Å²) >= 11 is 6.37. The van der Waals surface area contributed by atoms with E-state index < -0.39 is 0 Å². The second-order valence-corrected chi connectivity index (χ2v) is 9.10. The molecule has 0 fully saturated rings. The molecule has 0 spiro atoms. The molecule has 2 aromatic heterocycles. The predicted molar refractivity (Wildman–Crippen MR) is 141 cm³/mol. The highest BCUT2D eigenvalue weighted by atomic mass is 35.5. The Morgan fingerprint density at radius 3 is 2.46 bits per heavy atom. The van der Waals surface area contributed by atoms with Gasteiger partial charge in [0.2, 0.25) is 5.91 Å². The number of rotatable bonds is 8. The van der Waals surface area contributed by atoms with E-state index in [1.165, 1.54) is 5.56 Å². The largest absolute Gasteiger partial charge is 0.352 e. The van der Waals surface area contributed by atoms with Gasteiger partial charge in [0, 0.05) is 59.9 Å². The molecule has 0 aliphatic rings. The Balaban J connectivity index is 1.50. The number of carbonyl (C=O) groups is 1. The number of aromatic nitrogens is 2. The second-order valence-electron chi connectivity index (χ2n) is 8.66. The van der Waals surface area contributed by atoms with Gasteiger partial charge in [-0.25, -0.2) is 0 Å². The van der Waals surface area contributed by atoms with E-state index in [1.54, 1.807) is 12.4 Å². The SMILES string of the molecule is O=C(C[C@H](c1cccc(Cl)c1)c1cn(Cc2ccccc2)c2ccccc12)NCc1ccncc1. The van der Waals surface area contributed by atoms with Crippen molar-refractivity contribution in [3.63, 3.8) is 0 Å². The van der Waals surface area contributed by atoms with Gasteiger partial charge in [-0.1, -0.05) is 72.3 Å². The number of hydrogen-bond acceptors (Lipinski definition) is 2. The van der Waals surface area contributed by atoms with Crippen molar-refractivity contribution in [2.45, 2.75) is 25.4 Å². The lowest BCUT2D eigenvalue weighted by atomic mass is 9.88. The van der Waals surface area contributed by atoms with E-state index >= 15 is 0 Å². The molecule has 1 atom stereocenters. The van der Waals surface area contributed by atoms with Gasteiger partial charge >= 0.3 is 0 Å². The van der Waals surface area contributed by atoms with E-state index in [0.29, 0.717) is 18.0 Å². The Bertz CT molecular complexity index is 1430. The summed E-state index contributed by atoms with van der Waals surface area (Å²) in [5.41, 5.74) is 5.55. The van der Waals surface area contributed by atoms with Crippen LogP contribution in [-0.4, -0.2) is 15.5 Å². The molecule has 1 N–H and O–H groups in total. The Hall–Kier alpha value is -3.89. The lowest BCUT2D eigenvalue weighted by molar-refractivity contribution is -0.121. The van der Waals surface area contributed by atoms with Crippen LogP contribution >= 0.6 is 11.6 Å². The van der Waals surface area contributed by atoms with Crippen LogP contribution in [0.1, 0.15) is 34.6 Å². The molecule has 0 aliphatic heterocycles. The first-order valence-electron chi connectivity index (χ1n) is 11.7. The molecule has 4 nitrogen and oxygen atoms in total. The lowest BCUT2D eigenvalue weighted by Gasteiger charge is -2.18. The van der Waals surface area contributed by atoms with Crippen LogP contribution in [-0.2, 0) is 17.9 Å². The van der Waals surface area contributed by atoms with Crippen molar-refractivity contribution in [1.82, 2.24) is 14.9 Å². The van der Waals surface area contributed by atoms with E-state index in [0.717, 1.165) is 34.1 Å². The van der Waals surface area contributed by atoms with E-state index in [-0.39, 0.29) is 11.8 Å². The first kappa shape index (κ1) is 22.9. The highest BCUT2D eigenvalue weighted by molar-refractivity contribution is 6.30. The van der Waals surface area contributed by atoms with Gasteiger partial charge in [-0.15, -0.1) is 0 Å². The van der Waals surface area contributed by atoms with Crippen LogP contribution in [0, 0.1) is 0 Å². The maximum Gasteiger partial charge on any atom is 0.221 e. The maximum atomic E-state index is 13.1. The third kappa shape index (κ3) is 5.44. The number of carbonyl (C=O) groups excluding carboxylic acids is 1. The zero-order chi connectivity index (χ0) is 24.0. The molecular weight excluding hydrogens is 454 g/mol. The Morgan fingerprint density at radius 1 is 0.886 bits per heavy atom. The van der Waals surface area contributed by atoms with Gasteiger partial charge in [-0.05, 0) is 52.6 Å². The van der Waals surface area contributed by atoms with Crippen LogP contribution in [0.3, 0.4) is 0 Å². The summed E-state index contributed by atoms with van der Waals surface area (Å²) in [7, 11) is 0. The number of amides is 1. The zero-order valence-corrected chi connectivity index (χ0v) is 20.0. The molecule has 1 amide bonds. The van der Waals surface area contributed by atoms with Gasteiger partial charge in [0.05, 0.1) is 0 Å². The highest BCUT2D eigenvalue weighted by Crippen LogP contribution is 2.36. The standard InChI is InChI=1S/C30H26ClN3O/c31-25-10-6-9-24(17-25)27(18-30(35)33-19-22-13-15-32-16-14-22)28-21-34(20-23-7-2-1-3-8-23)29-12-5-4-11-26(28)29/h1-17,21,27H,18-20H2,(H,33,35)/t27-/m1/s1. The van der Waals surface area contributed by atoms with Crippen molar-refractivity contribution in [3.05, 3.63) is 137 Å². The average molecular weight is 480 g/mol. The predicted octanol–water partition coefficient (Wildman–Crippen LogP) is 6.58. The highest BCUT2D eigenvalue weighted by Gasteiger charge is 2.23. The minimum atomic E-state index is -0.131. The number of nitrogens with zero attached hydrogens (tertiary/aromatic N) is 2. The van der Waals surface area contributed by atoms with Crippen LogP contribution in [0.15, 0.2) is 110 Å². The fourth-order valence-corrected chi connectivity index (χ4v) is 4.75. The van der Waals surface area contributed by atoms with Gasteiger partial charge in [0.25, 0.3) is 0 Å². The summed E-state index contributed by atoms with van der Waals surface area (Å²) in [6.07, 6.45) is 5.99. The van der Waals surface area contributed by atoms with Crippen LogP contribution < -0.4 is 5.32 Å². The Kier molecular flexibility index (Phi) is 6.92. The summed E-state index contributed by atoms with van der Waals surface area (Å²) in [6, 6.07) is 30.5. The smallest absolute Gasteiger partial charge is 0.221 e. The topological polar surface area (TPSA) is 46.9 Å². The average Bonchev–Trinajstić information content (AvgIpc) is 3.25. The summed E-state index contributed by atoms with van der Waals surface area (Å²) in [4.78, 5) is 17.2. The molecule has 0 saturated heterocycles. The number of fused-ring (bicyclic) bond motifs is 1. The van der Waals surface area contributed by atoms with Crippen LogP contribution in [0.5, 0.6) is 0 Å². The van der Waals surface area contributed by atoms with Crippen molar-refractivity contribution in [3.8, 4) is 0 Å². The molecule has 0 bridgehead atoms. The summed E-state index contributed by atoms with van der Waals surface area (Å²) < 4.78 is 2.27. The monoisotopic (exact) mass is 479 g/mol. The Labute approximate surface area is 210 Å². The van der Waals surface area contributed by atoms with Gasteiger partial charge in [0.15, 0.2) is 0 Å². The quantitative estimate of drug-likeness (QED) is 0.273. The molecule has 3 aromatic carbocycles. The van der Waals surface area contributed by atoms with Gasteiger partial charge in [0.1, 0.15) is 0 Å². The number of pyridine rings is 1. The molecule has 5 aromatic rings. The van der Waals surface area contributed by atoms with Crippen molar-refractivity contribution in [2.24, 2.45) is 0 Å². The third-order valence-corrected chi connectivity index (χ3v) is 6.51. The molecule has 174 valence electrons. The fourth-order valence-electron chi connectivity index (χ4n) is 4.55. The molecule has 0 unspecified atom stereocenters. The second kappa shape index (κ2) is 10.6. The van der Waals surface area contributed by atoms with Gasteiger partial charge in [-0.3, -0.25) is 9.78 Å². The molecular formula is C30H26ClN3O. The molecule has 0 radical (unpaired) electrons. The van der Waals surface area contributed by atoms with Gasteiger partial charge in [-0.2, -0.15) is 0 Å². The zero-order valence-electron chi connectivity index (χ0n) is 19.3. The molecule has 5 heteroatoms. The first-order chi connectivity index (χ1) is 17.2. The molecule has 0 saturated carbocycles. The fraction of sp³-hybridized carbons (Fsp3) is 0.133. The molecule has 2 heterocycles. The maximum absolute atomic E-state index is 13.1. The number of para-hydroxylation sites is 1. The van der Waals surface area contributed by atoms with E-state index in [4.69, 9.17) is 11.6 Å². The Morgan fingerprint density at radius 2 is 1.66 bits per heavy atom. The van der Waals surface area contributed by atoms with Crippen molar-refractivity contribution in [1.29, 1.82) is 0 Å². The molecule has 5 rings (SSSR count). The van der Waals surface area contributed by atoms with E-state index in [1.807, 2.05) is 36.4 Å². The molecule has 0 aliphatic carbocycles. The first-order valence-corrected chi connectivity index (χ1v) is 12.1.